The van der Waals surface area contributed by atoms with Crippen molar-refractivity contribution in [2.45, 2.75) is 0 Å². The third kappa shape index (κ3) is 4.40. The Hall–Kier alpha value is -8.34. The van der Waals surface area contributed by atoms with Gasteiger partial charge in [-0.25, -0.2) is 0 Å². The normalized spacial score (nSPS) is 12.2. The van der Waals surface area contributed by atoms with Crippen LogP contribution in [0.5, 0.6) is 0 Å². The average Bonchev–Trinajstić information content (AvgIpc) is 4.08. The largest absolute Gasteiger partial charge is 0.310 e. The summed E-state index contributed by atoms with van der Waals surface area (Å²) in [5.41, 5.74) is 14.1. The van der Waals surface area contributed by atoms with E-state index in [0.717, 1.165) is 34.1 Å². The molecule has 62 heavy (non-hydrogen) atoms. The van der Waals surface area contributed by atoms with Crippen molar-refractivity contribution in [1.82, 2.24) is 8.80 Å². The fraction of sp³-hybridized carbons (Fsp3) is 0. The maximum Gasteiger partial charge on any atom is 0.0642 e. The van der Waals surface area contributed by atoms with Gasteiger partial charge in [-0.15, -0.1) is 0 Å². The van der Waals surface area contributed by atoms with Crippen LogP contribution in [0.25, 0.3) is 87.0 Å². The second kappa shape index (κ2) is 12.6. The van der Waals surface area contributed by atoms with Crippen molar-refractivity contribution in [2.75, 3.05) is 9.80 Å². The molecule has 0 aliphatic heterocycles. The van der Waals surface area contributed by atoms with Crippen molar-refractivity contribution < 1.29 is 0 Å². The van der Waals surface area contributed by atoms with Gasteiger partial charge in [-0.1, -0.05) is 146 Å². The molecule has 0 atom stereocenters. The van der Waals surface area contributed by atoms with E-state index in [1.165, 1.54) is 87.0 Å². The molecule has 4 nitrogen and oxygen atoms in total. The van der Waals surface area contributed by atoms with Crippen LogP contribution >= 0.6 is 0 Å². The minimum absolute atomic E-state index is 1.11. The first-order valence-electron chi connectivity index (χ1n) is 21.4. The van der Waals surface area contributed by atoms with E-state index in [-0.39, 0.29) is 0 Å². The Morgan fingerprint density at radius 3 is 0.919 bits per heavy atom. The van der Waals surface area contributed by atoms with Crippen LogP contribution in [-0.4, -0.2) is 8.80 Å². The molecule has 0 spiro atoms. The summed E-state index contributed by atoms with van der Waals surface area (Å²) in [7, 11) is 0. The zero-order valence-corrected chi connectivity index (χ0v) is 33.6. The van der Waals surface area contributed by atoms with Crippen molar-refractivity contribution in [3.05, 3.63) is 218 Å². The molecule has 0 fully saturated rings. The first kappa shape index (κ1) is 33.5. The SMILES string of the molecule is c1ccc(N(c2ccccc2)c2cc3c(cc(N(c4ccccc4)c4ccccc4)c4c5cccc6c7ccccc7n(c65)c34)c3c2c2cccc4c5ccccc5n3c42)cc1. The highest BCUT2D eigenvalue weighted by atomic mass is 15.2. The van der Waals surface area contributed by atoms with Crippen molar-refractivity contribution in [2.24, 2.45) is 0 Å². The molecule has 0 aliphatic carbocycles. The van der Waals surface area contributed by atoms with Crippen LogP contribution in [0.2, 0.25) is 0 Å². The monoisotopic (exact) mass is 788 g/mol. The highest BCUT2D eigenvalue weighted by Gasteiger charge is 2.30. The first-order valence-corrected chi connectivity index (χ1v) is 21.4. The molecule has 0 unspecified atom stereocenters. The predicted molar refractivity (Wildman–Crippen MR) is 263 cm³/mol. The number of para-hydroxylation sites is 8. The van der Waals surface area contributed by atoms with Gasteiger partial charge in [-0.2, -0.15) is 0 Å². The van der Waals surface area contributed by atoms with Crippen LogP contribution in [0.3, 0.4) is 0 Å². The van der Waals surface area contributed by atoms with Crippen molar-refractivity contribution >= 4 is 121 Å². The van der Waals surface area contributed by atoms with E-state index in [1.807, 2.05) is 0 Å². The van der Waals surface area contributed by atoms with Gasteiger partial charge in [-0.05, 0) is 72.8 Å². The minimum Gasteiger partial charge on any atom is -0.310 e. The number of anilines is 6. The van der Waals surface area contributed by atoms with Gasteiger partial charge in [0.25, 0.3) is 0 Å². The Morgan fingerprint density at radius 2 is 0.548 bits per heavy atom. The smallest absolute Gasteiger partial charge is 0.0642 e. The fourth-order valence-corrected chi connectivity index (χ4v) is 10.9. The Balaban J connectivity index is 1.29. The van der Waals surface area contributed by atoms with Gasteiger partial charge in [0, 0.05) is 76.6 Å². The molecule has 0 N–H and O–H groups in total. The number of benzene rings is 10. The molecule has 0 saturated heterocycles. The molecule has 10 aromatic carbocycles. The van der Waals surface area contributed by atoms with Crippen LogP contribution in [0.15, 0.2) is 218 Å². The third-order valence-electron chi connectivity index (χ3n) is 13.3. The summed E-state index contributed by atoms with van der Waals surface area (Å²) in [5, 5.41) is 12.4. The molecular formula is C58H36N4. The summed E-state index contributed by atoms with van der Waals surface area (Å²) in [4.78, 5) is 4.94. The van der Waals surface area contributed by atoms with Gasteiger partial charge in [-0.3, -0.25) is 0 Å². The van der Waals surface area contributed by atoms with Gasteiger partial charge in [0.15, 0.2) is 0 Å². The van der Waals surface area contributed by atoms with Gasteiger partial charge >= 0.3 is 0 Å². The van der Waals surface area contributed by atoms with Gasteiger partial charge in [0.05, 0.1) is 44.5 Å². The second-order valence-corrected chi connectivity index (χ2v) is 16.5. The summed E-state index contributed by atoms with van der Waals surface area (Å²) in [6.45, 7) is 0. The van der Waals surface area contributed by atoms with E-state index >= 15 is 0 Å². The van der Waals surface area contributed by atoms with Crippen LogP contribution in [0, 0.1) is 0 Å². The number of rotatable bonds is 6. The lowest BCUT2D eigenvalue weighted by Crippen LogP contribution is -2.11. The zero-order chi connectivity index (χ0) is 40.5. The first-order chi connectivity index (χ1) is 30.8. The Kier molecular flexibility index (Phi) is 6.80. The van der Waals surface area contributed by atoms with Crippen molar-refractivity contribution in [1.29, 1.82) is 0 Å². The molecule has 0 radical (unpaired) electrons. The summed E-state index contributed by atoms with van der Waals surface area (Å²) < 4.78 is 5.15. The fourth-order valence-electron chi connectivity index (χ4n) is 10.9. The van der Waals surface area contributed by atoms with Crippen molar-refractivity contribution in [3.63, 3.8) is 0 Å². The number of fused-ring (bicyclic) bond motifs is 15. The van der Waals surface area contributed by atoms with E-state index in [0.29, 0.717) is 0 Å². The summed E-state index contributed by atoms with van der Waals surface area (Å²) in [6.07, 6.45) is 0. The molecule has 288 valence electrons. The van der Waals surface area contributed by atoms with E-state index in [1.54, 1.807) is 0 Å². The number of hydrogen-bond acceptors (Lipinski definition) is 2. The zero-order valence-electron chi connectivity index (χ0n) is 33.6. The lowest BCUT2D eigenvalue weighted by atomic mass is 9.96. The van der Waals surface area contributed by atoms with Crippen LogP contribution in [0.1, 0.15) is 0 Å². The molecule has 4 heteroatoms. The molecular weight excluding hydrogens is 753 g/mol. The van der Waals surface area contributed by atoms with Gasteiger partial charge < -0.3 is 18.6 Å². The van der Waals surface area contributed by atoms with E-state index < -0.39 is 0 Å². The number of nitrogens with zero attached hydrogens (tertiary/aromatic N) is 4. The number of hydrogen-bond donors (Lipinski definition) is 0. The topological polar surface area (TPSA) is 15.3 Å². The molecule has 14 rings (SSSR count). The molecule has 14 aromatic rings. The van der Waals surface area contributed by atoms with E-state index in [9.17, 15) is 0 Å². The maximum absolute atomic E-state index is 2.58. The molecule has 4 aromatic heterocycles. The minimum atomic E-state index is 1.11. The lowest BCUT2D eigenvalue weighted by molar-refractivity contribution is 1.29. The van der Waals surface area contributed by atoms with Crippen LogP contribution < -0.4 is 9.80 Å². The molecule has 0 saturated carbocycles. The molecule has 0 aliphatic rings. The third-order valence-corrected chi connectivity index (χ3v) is 13.3. The predicted octanol–water partition coefficient (Wildman–Crippen LogP) is 16.1. The Labute approximate surface area is 356 Å². The lowest BCUT2D eigenvalue weighted by Gasteiger charge is -2.29. The molecule has 0 amide bonds. The number of aromatic nitrogens is 2. The maximum atomic E-state index is 2.58. The van der Waals surface area contributed by atoms with Crippen molar-refractivity contribution in [3.8, 4) is 0 Å². The van der Waals surface area contributed by atoms with Crippen LogP contribution in [-0.2, 0) is 0 Å². The summed E-state index contributed by atoms with van der Waals surface area (Å²) in [5.74, 6) is 0. The quantitative estimate of drug-likeness (QED) is 0.167. The summed E-state index contributed by atoms with van der Waals surface area (Å²) in [6, 6.07) is 80.1. The average molecular weight is 789 g/mol. The van der Waals surface area contributed by atoms with E-state index in [4.69, 9.17) is 0 Å². The van der Waals surface area contributed by atoms with Gasteiger partial charge in [0.2, 0.25) is 0 Å². The standard InChI is InChI=1S/C58H36N4/c1-5-19-37(20-6-1)59(38-21-7-2-8-22-38)51-35-47-48(57-53(51)45-31-17-29-43-41-27-13-15-33-49(41)61(57)55(43)45)36-52(60(39-23-9-3-10-24-39)40-25-11-4-12-26-40)54-46-32-18-30-44-42-28-14-16-34-50(42)62(56(44)46)58(47)54/h1-36H. The van der Waals surface area contributed by atoms with E-state index in [2.05, 4.69) is 237 Å². The second-order valence-electron chi connectivity index (χ2n) is 16.5. The Bertz CT molecular complexity index is 3680. The molecule has 4 heterocycles. The highest BCUT2D eigenvalue weighted by Crippen LogP contribution is 2.54. The highest BCUT2D eigenvalue weighted by molar-refractivity contribution is 6.37. The van der Waals surface area contributed by atoms with Crippen LogP contribution in [0.4, 0.5) is 34.1 Å². The molecule has 0 bridgehead atoms. The summed E-state index contributed by atoms with van der Waals surface area (Å²) >= 11 is 0. The Morgan fingerprint density at radius 1 is 0.242 bits per heavy atom. The van der Waals surface area contributed by atoms with Gasteiger partial charge in [0.1, 0.15) is 0 Å².